The van der Waals surface area contributed by atoms with E-state index in [0.29, 0.717) is 18.0 Å². The minimum absolute atomic E-state index is 0.560. The summed E-state index contributed by atoms with van der Waals surface area (Å²) in [6.45, 7) is 1.23. The van der Waals surface area contributed by atoms with Gasteiger partial charge in [-0.05, 0) is 25.1 Å². The first-order valence-electron chi connectivity index (χ1n) is 5.25. The van der Waals surface area contributed by atoms with Gasteiger partial charge in [0.25, 0.3) is 0 Å². The molecule has 0 fully saturated rings. The van der Waals surface area contributed by atoms with Gasteiger partial charge in [0.05, 0.1) is 5.75 Å². The Morgan fingerprint density at radius 1 is 1.24 bits per heavy atom. The van der Waals surface area contributed by atoms with Gasteiger partial charge in [0.2, 0.25) is 0 Å². The highest BCUT2D eigenvalue weighted by Gasteiger charge is 2.27. The summed E-state index contributed by atoms with van der Waals surface area (Å²) in [5.41, 5.74) is 6.08. The van der Waals surface area contributed by atoms with Crippen LogP contribution in [0.1, 0.15) is 6.42 Å². The first-order chi connectivity index (χ1) is 8.03. The van der Waals surface area contributed by atoms with Crippen LogP contribution in [0.2, 0.25) is 0 Å². The van der Waals surface area contributed by atoms with Crippen LogP contribution in [0.4, 0.5) is 18.9 Å². The Balaban J connectivity index is 2.58. The summed E-state index contributed by atoms with van der Waals surface area (Å²) >= 11 is 0.793. The molecule has 0 saturated carbocycles. The first kappa shape index (κ1) is 14.2. The molecule has 2 nitrogen and oxygen atoms in total. The number of halogens is 3. The van der Waals surface area contributed by atoms with Gasteiger partial charge in [-0.2, -0.15) is 13.2 Å². The molecule has 1 rings (SSSR count). The molecule has 1 aromatic rings. The molecule has 96 valence electrons. The zero-order valence-corrected chi connectivity index (χ0v) is 10.1. The van der Waals surface area contributed by atoms with Crippen LogP contribution in [0.25, 0.3) is 0 Å². The van der Waals surface area contributed by atoms with Crippen LogP contribution in [0.3, 0.4) is 0 Å². The van der Waals surface area contributed by atoms with Gasteiger partial charge in [-0.15, -0.1) is 11.8 Å². The van der Waals surface area contributed by atoms with Gasteiger partial charge in [0.15, 0.2) is 0 Å². The highest BCUT2D eigenvalue weighted by atomic mass is 32.2. The molecule has 0 radical (unpaired) electrons. The minimum Gasteiger partial charge on any atom is -0.384 e. The third kappa shape index (κ3) is 5.83. The standard InChI is InChI=1S/C11H15F3N2S/c12-11(13,14)8-17-10-5-2-1-4-9(10)16-7-3-6-15/h1-2,4-5,16H,3,6-8,15H2. The average Bonchev–Trinajstić information content (AvgIpc) is 2.27. The number of hydrogen-bond acceptors (Lipinski definition) is 3. The monoisotopic (exact) mass is 264 g/mol. The maximum atomic E-state index is 12.1. The fourth-order valence-corrected chi connectivity index (χ4v) is 2.01. The van der Waals surface area contributed by atoms with Crippen molar-refractivity contribution in [1.82, 2.24) is 0 Å². The van der Waals surface area contributed by atoms with Crippen LogP contribution in [0, 0.1) is 0 Å². The zero-order chi connectivity index (χ0) is 12.7. The summed E-state index contributed by atoms with van der Waals surface area (Å²) < 4.78 is 36.4. The summed E-state index contributed by atoms with van der Waals surface area (Å²) in [4.78, 5) is 0.613. The third-order valence-electron chi connectivity index (χ3n) is 1.97. The van der Waals surface area contributed by atoms with E-state index in [2.05, 4.69) is 5.32 Å². The van der Waals surface area contributed by atoms with Crippen molar-refractivity contribution in [2.75, 3.05) is 24.2 Å². The smallest absolute Gasteiger partial charge is 0.384 e. The van der Waals surface area contributed by atoms with Gasteiger partial charge < -0.3 is 11.1 Å². The number of thioether (sulfide) groups is 1. The van der Waals surface area contributed by atoms with Crippen molar-refractivity contribution >= 4 is 17.4 Å². The maximum absolute atomic E-state index is 12.1. The molecule has 3 N–H and O–H groups in total. The van der Waals surface area contributed by atoms with Crippen LogP contribution in [-0.4, -0.2) is 25.0 Å². The predicted molar refractivity (Wildman–Crippen MR) is 65.4 cm³/mol. The van der Waals surface area contributed by atoms with Crippen molar-refractivity contribution in [3.05, 3.63) is 24.3 Å². The fraction of sp³-hybridized carbons (Fsp3) is 0.455. The summed E-state index contributed by atoms with van der Waals surface area (Å²) in [6.07, 6.45) is -3.35. The number of anilines is 1. The first-order valence-corrected chi connectivity index (χ1v) is 6.24. The van der Waals surface area contributed by atoms with Gasteiger partial charge in [-0.25, -0.2) is 0 Å². The lowest BCUT2D eigenvalue weighted by molar-refractivity contribution is -0.105. The lowest BCUT2D eigenvalue weighted by Crippen LogP contribution is -2.11. The van der Waals surface area contributed by atoms with E-state index in [1.165, 1.54) is 0 Å². The molecule has 0 aliphatic carbocycles. The summed E-state index contributed by atoms with van der Waals surface area (Å²) in [5, 5.41) is 3.08. The van der Waals surface area contributed by atoms with Gasteiger partial charge in [-0.1, -0.05) is 12.1 Å². The van der Waals surface area contributed by atoms with Crippen LogP contribution in [0.15, 0.2) is 29.2 Å². The average molecular weight is 264 g/mol. The Bertz CT molecular complexity index is 342. The van der Waals surface area contributed by atoms with E-state index in [9.17, 15) is 13.2 Å². The van der Waals surface area contributed by atoms with Gasteiger partial charge >= 0.3 is 6.18 Å². The molecule has 17 heavy (non-hydrogen) atoms. The molecule has 0 amide bonds. The molecule has 0 spiro atoms. The lowest BCUT2D eigenvalue weighted by Gasteiger charge is -2.12. The van der Waals surface area contributed by atoms with Crippen LogP contribution < -0.4 is 11.1 Å². The van der Waals surface area contributed by atoms with E-state index < -0.39 is 11.9 Å². The lowest BCUT2D eigenvalue weighted by atomic mass is 10.3. The molecule has 0 heterocycles. The molecule has 0 atom stereocenters. The second kappa shape index (κ2) is 6.76. The largest absolute Gasteiger partial charge is 0.398 e. The highest BCUT2D eigenvalue weighted by molar-refractivity contribution is 7.99. The predicted octanol–water partition coefficient (Wildman–Crippen LogP) is 3.10. The molecule has 1 aromatic carbocycles. The van der Waals surface area contributed by atoms with Crippen molar-refractivity contribution in [3.8, 4) is 0 Å². The normalized spacial score (nSPS) is 11.5. The quantitative estimate of drug-likeness (QED) is 0.612. The molecule has 0 unspecified atom stereocenters. The number of hydrogen-bond donors (Lipinski definition) is 2. The van der Waals surface area contributed by atoms with E-state index in [-0.39, 0.29) is 0 Å². The number of rotatable bonds is 6. The molecular weight excluding hydrogens is 249 g/mol. The zero-order valence-electron chi connectivity index (χ0n) is 9.26. The van der Waals surface area contributed by atoms with Crippen LogP contribution in [0.5, 0.6) is 0 Å². The fourth-order valence-electron chi connectivity index (χ4n) is 1.22. The second-order valence-corrected chi connectivity index (χ2v) is 4.49. The van der Waals surface area contributed by atoms with Crippen molar-refractivity contribution in [2.24, 2.45) is 5.73 Å². The summed E-state index contributed by atoms with van der Waals surface area (Å²) in [7, 11) is 0. The molecular formula is C11H15F3N2S. The van der Waals surface area contributed by atoms with E-state index in [1.807, 2.05) is 0 Å². The number of alkyl halides is 3. The van der Waals surface area contributed by atoms with Crippen molar-refractivity contribution in [3.63, 3.8) is 0 Å². The number of nitrogens with one attached hydrogen (secondary N) is 1. The Labute approximate surface area is 103 Å². The molecule has 0 aliphatic heterocycles. The molecule has 0 aromatic heterocycles. The second-order valence-electron chi connectivity index (χ2n) is 3.47. The van der Waals surface area contributed by atoms with Crippen molar-refractivity contribution in [2.45, 2.75) is 17.5 Å². The molecule has 0 bridgehead atoms. The number of nitrogens with two attached hydrogens (primary N) is 1. The van der Waals surface area contributed by atoms with Crippen molar-refractivity contribution in [1.29, 1.82) is 0 Å². The Hall–Kier alpha value is -0.880. The molecule has 6 heteroatoms. The number of para-hydroxylation sites is 1. The number of benzene rings is 1. The highest BCUT2D eigenvalue weighted by Crippen LogP contribution is 2.31. The Morgan fingerprint density at radius 2 is 1.94 bits per heavy atom. The van der Waals surface area contributed by atoms with Gasteiger partial charge in [0, 0.05) is 17.1 Å². The van der Waals surface area contributed by atoms with Crippen LogP contribution >= 0.6 is 11.8 Å². The van der Waals surface area contributed by atoms with Crippen molar-refractivity contribution < 1.29 is 13.2 Å². The summed E-state index contributed by atoms with van der Waals surface area (Å²) in [6, 6.07) is 6.98. The summed E-state index contributed by atoms with van der Waals surface area (Å²) in [5.74, 6) is -0.872. The SMILES string of the molecule is NCCCNc1ccccc1SCC(F)(F)F. The minimum atomic E-state index is -4.14. The third-order valence-corrected chi connectivity index (χ3v) is 3.11. The maximum Gasteiger partial charge on any atom is 0.398 e. The Kier molecular flexibility index (Phi) is 5.64. The van der Waals surface area contributed by atoms with E-state index in [1.54, 1.807) is 24.3 Å². The van der Waals surface area contributed by atoms with Gasteiger partial charge in [0.1, 0.15) is 0 Å². The molecule has 0 aliphatic rings. The van der Waals surface area contributed by atoms with E-state index >= 15 is 0 Å². The van der Waals surface area contributed by atoms with Gasteiger partial charge in [-0.3, -0.25) is 0 Å². The van der Waals surface area contributed by atoms with E-state index in [0.717, 1.165) is 23.9 Å². The van der Waals surface area contributed by atoms with Crippen LogP contribution in [-0.2, 0) is 0 Å². The molecule has 0 saturated heterocycles. The Morgan fingerprint density at radius 3 is 2.59 bits per heavy atom. The topological polar surface area (TPSA) is 38.0 Å². The van der Waals surface area contributed by atoms with E-state index in [4.69, 9.17) is 5.73 Å².